The molecule has 0 bridgehead atoms. The highest BCUT2D eigenvalue weighted by Crippen LogP contribution is 2.22. The van der Waals surface area contributed by atoms with Gasteiger partial charge in [0.2, 0.25) is 15.9 Å². The zero-order valence-corrected chi connectivity index (χ0v) is 13.9. The lowest BCUT2D eigenvalue weighted by molar-refractivity contribution is -0.126. The van der Waals surface area contributed by atoms with Gasteiger partial charge in [-0.1, -0.05) is 12.5 Å². The van der Waals surface area contributed by atoms with Gasteiger partial charge in [0.1, 0.15) is 6.04 Å². The summed E-state index contributed by atoms with van der Waals surface area (Å²) >= 11 is 0. The Balaban J connectivity index is 2.11. The van der Waals surface area contributed by atoms with Crippen molar-refractivity contribution in [2.75, 3.05) is 12.8 Å². The highest BCUT2D eigenvalue weighted by atomic mass is 32.2. The first-order valence-electron chi connectivity index (χ1n) is 7.42. The van der Waals surface area contributed by atoms with Gasteiger partial charge in [0.15, 0.2) is 11.6 Å². The molecule has 1 aliphatic rings. The van der Waals surface area contributed by atoms with Crippen LogP contribution in [0.3, 0.4) is 0 Å². The van der Waals surface area contributed by atoms with Crippen LogP contribution in [0.1, 0.15) is 37.8 Å². The summed E-state index contributed by atoms with van der Waals surface area (Å²) in [5, 5.41) is 2.68. The molecule has 1 aromatic rings. The zero-order valence-electron chi connectivity index (χ0n) is 13.1. The predicted molar refractivity (Wildman–Crippen MR) is 82.1 cm³/mol. The number of hydrogen-bond acceptors (Lipinski definition) is 3. The maximum absolute atomic E-state index is 13.3. The largest absolute Gasteiger partial charge is 0.348 e. The second kappa shape index (κ2) is 6.92. The minimum atomic E-state index is -3.47. The number of nitrogens with one attached hydrogen (secondary N) is 1. The van der Waals surface area contributed by atoms with Gasteiger partial charge in [-0.25, -0.2) is 17.2 Å². The number of carbonyl (C=O) groups is 1. The Labute approximate surface area is 134 Å². The maximum atomic E-state index is 13.3. The third-order valence-corrected chi connectivity index (χ3v) is 5.27. The van der Waals surface area contributed by atoms with E-state index in [0.29, 0.717) is 18.5 Å². The number of piperidine rings is 1. The summed E-state index contributed by atoms with van der Waals surface area (Å²) in [7, 11) is -3.47. The molecule has 2 rings (SSSR count). The standard InChI is InChI=1S/C15H20F2N2O3S/c1-10(11-6-7-12(16)13(17)9-11)18-15(20)14-5-3-4-8-19(14)23(2,21)22/h6-7,9-10,14H,3-5,8H2,1-2H3,(H,18,20). The fourth-order valence-corrected chi connectivity index (χ4v) is 3.86. The zero-order chi connectivity index (χ0) is 17.2. The van der Waals surface area contributed by atoms with E-state index in [1.165, 1.54) is 10.4 Å². The Hall–Kier alpha value is -1.54. The van der Waals surface area contributed by atoms with Gasteiger partial charge in [-0.05, 0) is 37.5 Å². The van der Waals surface area contributed by atoms with E-state index in [2.05, 4.69) is 5.32 Å². The van der Waals surface area contributed by atoms with Crippen LogP contribution in [0.2, 0.25) is 0 Å². The molecular weight excluding hydrogens is 326 g/mol. The van der Waals surface area contributed by atoms with Crippen molar-refractivity contribution in [1.82, 2.24) is 9.62 Å². The third-order valence-electron chi connectivity index (χ3n) is 3.98. The van der Waals surface area contributed by atoms with E-state index in [4.69, 9.17) is 0 Å². The molecule has 1 heterocycles. The van der Waals surface area contributed by atoms with Crippen molar-refractivity contribution in [3.8, 4) is 0 Å². The Morgan fingerprint density at radius 2 is 2.00 bits per heavy atom. The summed E-state index contributed by atoms with van der Waals surface area (Å²) in [4.78, 5) is 12.4. The quantitative estimate of drug-likeness (QED) is 0.906. The van der Waals surface area contributed by atoms with Crippen molar-refractivity contribution in [3.63, 3.8) is 0 Å². The molecule has 5 nitrogen and oxygen atoms in total. The van der Waals surface area contributed by atoms with Crippen LogP contribution in [-0.2, 0) is 14.8 Å². The number of hydrogen-bond donors (Lipinski definition) is 1. The molecule has 1 saturated heterocycles. The number of carbonyl (C=O) groups excluding carboxylic acids is 1. The van der Waals surface area contributed by atoms with E-state index < -0.39 is 39.6 Å². The van der Waals surface area contributed by atoms with Crippen LogP contribution in [0.5, 0.6) is 0 Å². The van der Waals surface area contributed by atoms with E-state index >= 15 is 0 Å². The number of halogens is 2. The van der Waals surface area contributed by atoms with Gasteiger partial charge >= 0.3 is 0 Å². The third kappa shape index (κ3) is 4.26. The Kier molecular flexibility index (Phi) is 5.36. The van der Waals surface area contributed by atoms with Crippen LogP contribution >= 0.6 is 0 Å². The molecule has 1 aliphatic heterocycles. The molecular formula is C15H20F2N2O3S. The molecule has 128 valence electrons. The van der Waals surface area contributed by atoms with Gasteiger partial charge in [-0.2, -0.15) is 4.31 Å². The SMILES string of the molecule is CC(NC(=O)C1CCCCN1S(C)(=O)=O)c1ccc(F)c(F)c1. The molecule has 0 saturated carbocycles. The smallest absolute Gasteiger partial charge is 0.238 e. The molecule has 2 atom stereocenters. The average molecular weight is 346 g/mol. The van der Waals surface area contributed by atoms with E-state index in [9.17, 15) is 22.0 Å². The highest BCUT2D eigenvalue weighted by molar-refractivity contribution is 7.88. The summed E-state index contributed by atoms with van der Waals surface area (Å²) in [5.41, 5.74) is 0.416. The second-order valence-corrected chi connectivity index (χ2v) is 7.72. The molecule has 1 fully saturated rings. The molecule has 2 unspecified atom stereocenters. The fraction of sp³-hybridized carbons (Fsp3) is 0.533. The molecule has 8 heteroatoms. The van der Waals surface area contributed by atoms with Crippen LogP contribution in [-0.4, -0.2) is 37.5 Å². The Morgan fingerprint density at radius 3 is 2.61 bits per heavy atom. The highest BCUT2D eigenvalue weighted by Gasteiger charge is 2.34. The first-order chi connectivity index (χ1) is 10.7. The minimum absolute atomic E-state index is 0.316. The van der Waals surface area contributed by atoms with Crippen molar-refractivity contribution in [2.24, 2.45) is 0 Å². The van der Waals surface area contributed by atoms with Crippen LogP contribution in [0.25, 0.3) is 0 Å². The van der Waals surface area contributed by atoms with Crippen molar-refractivity contribution in [3.05, 3.63) is 35.4 Å². The van der Waals surface area contributed by atoms with Crippen LogP contribution < -0.4 is 5.32 Å². The predicted octanol–water partition coefficient (Wildman–Crippen LogP) is 1.96. The van der Waals surface area contributed by atoms with Crippen molar-refractivity contribution in [1.29, 1.82) is 0 Å². The normalized spacial score (nSPS) is 21.0. The number of amides is 1. The van der Waals surface area contributed by atoms with Crippen molar-refractivity contribution in [2.45, 2.75) is 38.3 Å². The maximum Gasteiger partial charge on any atom is 0.238 e. The summed E-state index contributed by atoms with van der Waals surface area (Å²) in [6, 6.07) is 2.09. The van der Waals surface area contributed by atoms with Crippen molar-refractivity contribution < 1.29 is 22.0 Å². The van der Waals surface area contributed by atoms with E-state index in [1.807, 2.05) is 0 Å². The fourth-order valence-electron chi connectivity index (χ4n) is 2.74. The topological polar surface area (TPSA) is 66.5 Å². The molecule has 0 aliphatic carbocycles. The molecule has 1 amide bonds. The summed E-state index contributed by atoms with van der Waals surface area (Å²) in [5.74, 6) is -2.37. The van der Waals surface area contributed by atoms with Crippen molar-refractivity contribution >= 4 is 15.9 Å². The summed E-state index contributed by atoms with van der Waals surface area (Å²) in [6.07, 6.45) is 3.01. The van der Waals surface area contributed by atoms with Gasteiger partial charge < -0.3 is 5.32 Å². The van der Waals surface area contributed by atoms with Gasteiger partial charge in [0.25, 0.3) is 0 Å². The lowest BCUT2D eigenvalue weighted by Crippen LogP contribution is -2.51. The minimum Gasteiger partial charge on any atom is -0.348 e. The molecule has 0 radical (unpaired) electrons. The lowest BCUT2D eigenvalue weighted by atomic mass is 10.0. The molecule has 23 heavy (non-hydrogen) atoms. The Morgan fingerprint density at radius 1 is 1.30 bits per heavy atom. The number of benzene rings is 1. The first-order valence-corrected chi connectivity index (χ1v) is 9.27. The number of sulfonamides is 1. The van der Waals surface area contributed by atoms with E-state index in [-0.39, 0.29) is 0 Å². The lowest BCUT2D eigenvalue weighted by Gasteiger charge is -2.33. The summed E-state index contributed by atoms with van der Waals surface area (Å²) in [6.45, 7) is 1.95. The monoisotopic (exact) mass is 346 g/mol. The number of rotatable bonds is 4. The molecule has 0 spiro atoms. The molecule has 0 aromatic heterocycles. The Bertz CT molecular complexity index is 694. The molecule has 1 N–H and O–H groups in total. The van der Waals surface area contributed by atoms with Crippen LogP contribution in [0.15, 0.2) is 18.2 Å². The summed E-state index contributed by atoms with van der Waals surface area (Å²) < 4.78 is 51.0. The first kappa shape index (κ1) is 17.8. The van der Waals surface area contributed by atoms with Gasteiger partial charge in [-0.3, -0.25) is 4.79 Å². The molecule has 1 aromatic carbocycles. The number of nitrogens with zero attached hydrogens (tertiary/aromatic N) is 1. The van der Waals surface area contributed by atoms with Gasteiger partial charge in [0, 0.05) is 6.54 Å². The average Bonchev–Trinajstić information content (AvgIpc) is 2.49. The van der Waals surface area contributed by atoms with Gasteiger partial charge in [0.05, 0.1) is 12.3 Å². The second-order valence-electron chi connectivity index (χ2n) is 5.79. The van der Waals surface area contributed by atoms with Gasteiger partial charge in [-0.15, -0.1) is 0 Å². The van der Waals surface area contributed by atoms with E-state index in [0.717, 1.165) is 31.2 Å². The van der Waals surface area contributed by atoms with Crippen LogP contribution in [0, 0.1) is 11.6 Å². The van der Waals surface area contributed by atoms with Crippen LogP contribution in [0.4, 0.5) is 8.78 Å². The van der Waals surface area contributed by atoms with E-state index in [1.54, 1.807) is 6.92 Å².